The fraction of sp³-hybridized carbons (Fsp3) is 0.462. The third kappa shape index (κ3) is 4.65. The largest absolute Gasteiger partial charge is 0.352 e. The van der Waals surface area contributed by atoms with Crippen molar-refractivity contribution in [1.29, 1.82) is 0 Å². The summed E-state index contributed by atoms with van der Waals surface area (Å²) < 4.78 is 22.9. The minimum atomic E-state index is -3.94. The zero-order valence-electron chi connectivity index (χ0n) is 11.5. The van der Waals surface area contributed by atoms with E-state index in [0.717, 1.165) is 6.42 Å². The van der Waals surface area contributed by atoms with E-state index in [9.17, 15) is 13.2 Å². The SMILES string of the molecule is Cc1c(C(=O)NCCC(C)C)cc(Cl)cc1S(=O)(=O)Cl. The highest BCUT2D eigenvalue weighted by Gasteiger charge is 2.20. The predicted octanol–water partition coefficient (Wildman–Crippen LogP) is 3.35. The molecule has 0 fully saturated rings. The molecule has 0 aliphatic rings. The van der Waals surface area contributed by atoms with Crippen molar-refractivity contribution in [3.05, 3.63) is 28.3 Å². The van der Waals surface area contributed by atoms with Crippen LogP contribution in [0.5, 0.6) is 0 Å². The van der Waals surface area contributed by atoms with E-state index in [-0.39, 0.29) is 21.4 Å². The lowest BCUT2D eigenvalue weighted by molar-refractivity contribution is 0.0951. The minimum Gasteiger partial charge on any atom is -0.352 e. The Kier molecular flexibility index (Phi) is 5.86. The normalized spacial score (nSPS) is 11.7. The smallest absolute Gasteiger partial charge is 0.261 e. The number of hydrogen-bond acceptors (Lipinski definition) is 3. The van der Waals surface area contributed by atoms with Crippen LogP contribution in [0.25, 0.3) is 0 Å². The number of amides is 1. The number of benzene rings is 1. The summed E-state index contributed by atoms with van der Waals surface area (Å²) in [6.45, 7) is 6.15. The van der Waals surface area contributed by atoms with Gasteiger partial charge < -0.3 is 5.32 Å². The highest BCUT2D eigenvalue weighted by molar-refractivity contribution is 8.13. The molecule has 1 N–H and O–H groups in total. The average Bonchev–Trinajstić information content (AvgIpc) is 2.29. The summed E-state index contributed by atoms with van der Waals surface area (Å²) in [6, 6.07) is 2.68. The van der Waals surface area contributed by atoms with Crippen molar-refractivity contribution in [3.8, 4) is 0 Å². The minimum absolute atomic E-state index is 0.138. The summed E-state index contributed by atoms with van der Waals surface area (Å²) in [4.78, 5) is 11.9. The van der Waals surface area contributed by atoms with Gasteiger partial charge in [0, 0.05) is 27.8 Å². The predicted molar refractivity (Wildman–Crippen MR) is 81.0 cm³/mol. The molecule has 0 aliphatic carbocycles. The van der Waals surface area contributed by atoms with Gasteiger partial charge in [0.25, 0.3) is 15.0 Å². The van der Waals surface area contributed by atoms with Gasteiger partial charge in [0.15, 0.2) is 0 Å². The van der Waals surface area contributed by atoms with Crippen LogP contribution < -0.4 is 5.32 Å². The summed E-state index contributed by atoms with van der Waals surface area (Å²) in [5, 5.41) is 2.90. The molecule has 0 atom stereocenters. The van der Waals surface area contributed by atoms with E-state index < -0.39 is 9.05 Å². The number of hydrogen-bond donors (Lipinski definition) is 1. The van der Waals surface area contributed by atoms with Crippen LogP contribution >= 0.6 is 22.3 Å². The first-order valence-corrected chi connectivity index (χ1v) is 8.84. The van der Waals surface area contributed by atoms with E-state index >= 15 is 0 Å². The molecule has 0 saturated carbocycles. The summed E-state index contributed by atoms with van der Waals surface area (Å²) in [7, 11) is 1.40. The number of rotatable bonds is 5. The van der Waals surface area contributed by atoms with Gasteiger partial charge in [-0.15, -0.1) is 0 Å². The van der Waals surface area contributed by atoms with Crippen LogP contribution in [-0.2, 0) is 9.05 Å². The van der Waals surface area contributed by atoms with E-state index in [1.165, 1.54) is 19.1 Å². The van der Waals surface area contributed by atoms with Gasteiger partial charge in [-0.05, 0) is 37.0 Å². The molecule has 4 nitrogen and oxygen atoms in total. The van der Waals surface area contributed by atoms with Crippen molar-refractivity contribution >= 4 is 37.2 Å². The third-order valence-corrected chi connectivity index (χ3v) is 4.51. The number of carbonyl (C=O) groups is 1. The molecule has 0 radical (unpaired) electrons. The van der Waals surface area contributed by atoms with E-state index in [1.54, 1.807) is 0 Å². The molecule has 0 spiro atoms. The topological polar surface area (TPSA) is 63.2 Å². The molecule has 0 heterocycles. The Morgan fingerprint density at radius 3 is 2.45 bits per heavy atom. The molecule has 7 heteroatoms. The van der Waals surface area contributed by atoms with Crippen LogP contribution in [0.4, 0.5) is 0 Å². The van der Waals surface area contributed by atoms with Gasteiger partial charge in [0.1, 0.15) is 0 Å². The van der Waals surface area contributed by atoms with Crippen LogP contribution in [0.15, 0.2) is 17.0 Å². The second-order valence-corrected chi connectivity index (χ2v) is 7.92. The first-order valence-electron chi connectivity index (χ1n) is 6.16. The van der Waals surface area contributed by atoms with E-state index in [0.29, 0.717) is 18.0 Å². The quantitative estimate of drug-likeness (QED) is 0.838. The lowest BCUT2D eigenvalue weighted by atomic mass is 10.1. The van der Waals surface area contributed by atoms with E-state index in [4.69, 9.17) is 22.3 Å². The summed E-state index contributed by atoms with van der Waals surface area (Å²) in [5.41, 5.74) is 0.520. The molecule has 112 valence electrons. The average molecular weight is 338 g/mol. The lowest BCUT2D eigenvalue weighted by Crippen LogP contribution is -2.26. The molecule has 0 saturated heterocycles. The standard InChI is InChI=1S/C13H17Cl2NO3S/c1-8(2)4-5-16-13(17)11-6-10(14)7-12(9(11)3)20(15,18)19/h6-8H,4-5H2,1-3H3,(H,16,17). The molecule has 1 aromatic rings. The Morgan fingerprint density at radius 2 is 1.95 bits per heavy atom. The first-order chi connectivity index (χ1) is 9.12. The Balaban J connectivity index is 3.07. The fourth-order valence-electron chi connectivity index (χ4n) is 1.71. The van der Waals surface area contributed by atoms with Gasteiger partial charge in [-0.3, -0.25) is 4.79 Å². The van der Waals surface area contributed by atoms with Gasteiger partial charge in [-0.1, -0.05) is 25.4 Å². The van der Waals surface area contributed by atoms with Crippen LogP contribution in [0.1, 0.15) is 36.2 Å². The Hall–Kier alpha value is -0.780. The molecule has 0 aliphatic heterocycles. The molecule has 1 rings (SSSR count). The van der Waals surface area contributed by atoms with E-state index in [1.807, 2.05) is 0 Å². The number of nitrogens with one attached hydrogen (secondary N) is 1. The van der Waals surface area contributed by atoms with Crippen molar-refractivity contribution in [3.63, 3.8) is 0 Å². The second kappa shape index (κ2) is 6.78. The highest BCUT2D eigenvalue weighted by Crippen LogP contribution is 2.27. The summed E-state index contributed by atoms with van der Waals surface area (Å²) in [6.07, 6.45) is 0.839. The number of halogens is 2. The second-order valence-electron chi connectivity index (χ2n) is 4.95. The fourth-order valence-corrected chi connectivity index (χ4v) is 3.22. The van der Waals surface area contributed by atoms with Crippen LogP contribution in [0.2, 0.25) is 5.02 Å². The zero-order valence-corrected chi connectivity index (χ0v) is 13.9. The summed E-state index contributed by atoms with van der Waals surface area (Å²) in [5.74, 6) is 0.113. The Morgan fingerprint density at radius 1 is 1.35 bits per heavy atom. The summed E-state index contributed by atoms with van der Waals surface area (Å²) >= 11 is 5.85. The van der Waals surface area contributed by atoms with Gasteiger partial charge in [-0.2, -0.15) is 0 Å². The van der Waals surface area contributed by atoms with Gasteiger partial charge in [0.05, 0.1) is 4.90 Å². The maximum atomic E-state index is 12.1. The number of carbonyl (C=O) groups excluding carboxylic acids is 1. The highest BCUT2D eigenvalue weighted by atomic mass is 35.7. The van der Waals surface area contributed by atoms with Gasteiger partial charge in [0.2, 0.25) is 0 Å². The van der Waals surface area contributed by atoms with Crippen molar-refractivity contribution in [2.24, 2.45) is 5.92 Å². The van der Waals surface area contributed by atoms with Crippen molar-refractivity contribution in [2.45, 2.75) is 32.1 Å². The third-order valence-electron chi connectivity index (χ3n) is 2.84. The van der Waals surface area contributed by atoms with Crippen molar-refractivity contribution in [1.82, 2.24) is 5.32 Å². The zero-order chi connectivity index (χ0) is 15.5. The maximum Gasteiger partial charge on any atom is 0.261 e. The Labute approximate surface area is 128 Å². The van der Waals surface area contributed by atoms with Crippen LogP contribution in [0.3, 0.4) is 0 Å². The van der Waals surface area contributed by atoms with E-state index in [2.05, 4.69) is 19.2 Å². The van der Waals surface area contributed by atoms with Crippen LogP contribution in [-0.4, -0.2) is 20.9 Å². The Bertz CT molecular complexity index is 612. The molecule has 20 heavy (non-hydrogen) atoms. The molecule has 0 aromatic heterocycles. The maximum absolute atomic E-state index is 12.1. The molecule has 0 unspecified atom stereocenters. The van der Waals surface area contributed by atoms with Crippen molar-refractivity contribution < 1.29 is 13.2 Å². The molecule has 0 bridgehead atoms. The van der Waals surface area contributed by atoms with Gasteiger partial charge in [-0.25, -0.2) is 8.42 Å². The molecular formula is C13H17Cl2NO3S. The van der Waals surface area contributed by atoms with Gasteiger partial charge >= 0.3 is 0 Å². The molecular weight excluding hydrogens is 321 g/mol. The molecule has 1 aromatic carbocycles. The molecule has 1 amide bonds. The lowest BCUT2D eigenvalue weighted by Gasteiger charge is -2.11. The first kappa shape index (κ1) is 17.3. The monoisotopic (exact) mass is 337 g/mol. The van der Waals surface area contributed by atoms with Crippen LogP contribution in [0, 0.1) is 12.8 Å². The van der Waals surface area contributed by atoms with Crippen molar-refractivity contribution in [2.75, 3.05) is 6.54 Å².